The van der Waals surface area contributed by atoms with Crippen LogP contribution in [0.3, 0.4) is 0 Å². The minimum absolute atomic E-state index is 0.0116. The molecule has 3 N–H and O–H groups in total. The van der Waals surface area contributed by atoms with Gasteiger partial charge in [0, 0.05) is 29.2 Å². The average molecular weight is 420 g/mol. The van der Waals surface area contributed by atoms with E-state index in [1.54, 1.807) is 6.07 Å². The Kier molecular flexibility index (Phi) is 6.87. The third kappa shape index (κ3) is 5.58. The van der Waals surface area contributed by atoms with Crippen molar-refractivity contribution in [3.8, 4) is 0 Å². The quantitative estimate of drug-likeness (QED) is 0.329. The van der Waals surface area contributed by atoms with Crippen LogP contribution >= 0.6 is 0 Å². The number of likely N-dealkylation sites (N-methyl/N-ethyl adjacent to an activating group) is 1. The molecule has 7 nitrogen and oxygen atoms in total. The lowest BCUT2D eigenvalue weighted by Crippen LogP contribution is -2.24. The zero-order valence-electron chi connectivity index (χ0n) is 18.4. The first-order valence-electron chi connectivity index (χ1n) is 10.2. The number of hydrogen-bond acceptors (Lipinski definition) is 5. The number of nitrogens with one attached hydrogen (secondary N) is 1. The van der Waals surface area contributed by atoms with Gasteiger partial charge in [0.25, 0.3) is 0 Å². The number of rotatable bonds is 8. The molecule has 7 heteroatoms. The maximum Gasteiger partial charge on any atom is 0.231 e. The fraction of sp³-hybridized carbons (Fsp3) is 0.292. The van der Waals surface area contributed by atoms with E-state index in [2.05, 4.69) is 15.5 Å². The summed E-state index contributed by atoms with van der Waals surface area (Å²) in [6.45, 7) is 5.46. The molecule has 1 heterocycles. The van der Waals surface area contributed by atoms with Crippen molar-refractivity contribution in [2.75, 3.05) is 32.5 Å². The molecule has 0 radical (unpaired) electrons. The Balaban J connectivity index is 1.77. The SMILES string of the molecule is CN(C)CCN=C(N)Nc1cc(C(C)(C)c2cccc(C(=O)c3ccccc3)c2)no1. The minimum atomic E-state index is -0.479. The Hall–Kier alpha value is -3.45. The van der Waals surface area contributed by atoms with Crippen molar-refractivity contribution in [3.05, 3.63) is 83.0 Å². The third-order valence-electron chi connectivity index (χ3n) is 5.11. The van der Waals surface area contributed by atoms with Crippen LogP contribution in [0, 0.1) is 0 Å². The van der Waals surface area contributed by atoms with Gasteiger partial charge in [0.05, 0.1) is 12.2 Å². The molecule has 0 bridgehead atoms. The van der Waals surface area contributed by atoms with E-state index in [4.69, 9.17) is 10.3 Å². The average Bonchev–Trinajstić information content (AvgIpc) is 3.23. The second-order valence-corrected chi connectivity index (χ2v) is 8.17. The van der Waals surface area contributed by atoms with Crippen molar-refractivity contribution < 1.29 is 9.32 Å². The summed E-state index contributed by atoms with van der Waals surface area (Å²) in [7, 11) is 3.96. The largest absolute Gasteiger partial charge is 0.370 e. The molecular weight excluding hydrogens is 390 g/mol. The van der Waals surface area contributed by atoms with Gasteiger partial charge < -0.3 is 15.2 Å². The molecule has 0 aliphatic heterocycles. The van der Waals surface area contributed by atoms with Crippen molar-refractivity contribution in [1.82, 2.24) is 10.1 Å². The summed E-state index contributed by atoms with van der Waals surface area (Å²) in [6, 6.07) is 18.7. The van der Waals surface area contributed by atoms with E-state index in [-0.39, 0.29) is 11.7 Å². The van der Waals surface area contributed by atoms with Gasteiger partial charge in [-0.15, -0.1) is 0 Å². The smallest absolute Gasteiger partial charge is 0.231 e. The normalized spacial score (nSPS) is 12.2. The fourth-order valence-electron chi connectivity index (χ4n) is 3.12. The maximum atomic E-state index is 12.8. The number of carbonyl (C=O) groups is 1. The highest BCUT2D eigenvalue weighted by Gasteiger charge is 2.28. The zero-order valence-corrected chi connectivity index (χ0v) is 18.4. The number of carbonyl (C=O) groups excluding carboxylic acids is 1. The summed E-state index contributed by atoms with van der Waals surface area (Å²) in [5, 5.41) is 7.15. The van der Waals surface area contributed by atoms with Gasteiger partial charge in [-0.3, -0.25) is 15.1 Å². The molecule has 0 saturated heterocycles. The van der Waals surface area contributed by atoms with E-state index in [1.165, 1.54) is 0 Å². The first kappa shape index (κ1) is 22.2. The van der Waals surface area contributed by atoms with E-state index in [9.17, 15) is 4.79 Å². The van der Waals surface area contributed by atoms with Crippen molar-refractivity contribution in [1.29, 1.82) is 0 Å². The molecule has 0 saturated carbocycles. The predicted octanol–water partition coefficient (Wildman–Crippen LogP) is 3.52. The van der Waals surface area contributed by atoms with Gasteiger partial charge in [0.1, 0.15) is 0 Å². The number of ketones is 1. The molecule has 0 aliphatic carbocycles. The third-order valence-corrected chi connectivity index (χ3v) is 5.11. The fourth-order valence-corrected chi connectivity index (χ4v) is 3.12. The first-order chi connectivity index (χ1) is 14.8. The maximum absolute atomic E-state index is 12.8. The van der Waals surface area contributed by atoms with Crippen LogP contribution in [0.4, 0.5) is 5.88 Å². The van der Waals surface area contributed by atoms with Crippen molar-refractivity contribution in [3.63, 3.8) is 0 Å². The Morgan fingerprint density at radius 1 is 1.10 bits per heavy atom. The van der Waals surface area contributed by atoms with E-state index < -0.39 is 5.41 Å². The van der Waals surface area contributed by atoms with E-state index in [0.717, 1.165) is 17.8 Å². The van der Waals surface area contributed by atoms with Gasteiger partial charge >= 0.3 is 0 Å². The van der Waals surface area contributed by atoms with Crippen LogP contribution in [0.5, 0.6) is 0 Å². The predicted molar refractivity (Wildman–Crippen MR) is 124 cm³/mol. The van der Waals surface area contributed by atoms with Gasteiger partial charge in [-0.1, -0.05) is 67.5 Å². The number of benzene rings is 2. The van der Waals surface area contributed by atoms with Crippen molar-refractivity contribution in [2.24, 2.45) is 10.7 Å². The van der Waals surface area contributed by atoms with Gasteiger partial charge in [0.15, 0.2) is 11.7 Å². The molecule has 162 valence electrons. The highest BCUT2D eigenvalue weighted by Crippen LogP contribution is 2.32. The van der Waals surface area contributed by atoms with Gasteiger partial charge in [0.2, 0.25) is 5.88 Å². The molecule has 1 aromatic heterocycles. The Labute approximate surface area is 183 Å². The lowest BCUT2D eigenvalue weighted by atomic mass is 9.80. The number of anilines is 1. The number of aliphatic imine (C=N–C) groups is 1. The summed E-state index contributed by atoms with van der Waals surface area (Å²) in [5.74, 6) is 0.686. The van der Waals surface area contributed by atoms with Crippen LogP contribution in [0.15, 0.2) is 70.2 Å². The minimum Gasteiger partial charge on any atom is -0.370 e. The Morgan fingerprint density at radius 2 is 1.81 bits per heavy atom. The monoisotopic (exact) mass is 419 g/mol. The second-order valence-electron chi connectivity index (χ2n) is 8.17. The molecule has 31 heavy (non-hydrogen) atoms. The number of aromatic nitrogens is 1. The number of hydrogen-bond donors (Lipinski definition) is 2. The van der Waals surface area contributed by atoms with Crippen LogP contribution in [0.25, 0.3) is 0 Å². The molecule has 0 atom stereocenters. The molecule has 0 aliphatic rings. The molecule has 0 spiro atoms. The summed E-state index contributed by atoms with van der Waals surface area (Å²) < 4.78 is 5.42. The molecule has 3 rings (SSSR count). The first-order valence-corrected chi connectivity index (χ1v) is 10.2. The van der Waals surface area contributed by atoms with Crippen LogP contribution in [-0.4, -0.2) is 49.0 Å². The van der Waals surface area contributed by atoms with Crippen molar-refractivity contribution >= 4 is 17.6 Å². The van der Waals surface area contributed by atoms with Crippen molar-refractivity contribution in [2.45, 2.75) is 19.3 Å². The zero-order chi connectivity index (χ0) is 22.4. The molecule has 0 unspecified atom stereocenters. The van der Waals surface area contributed by atoms with E-state index in [1.807, 2.05) is 87.4 Å². The summed E-state index contributed by atoms with van der Waals surface area (Å²) in [6.07, 6.45) is 0. The molecule has 0 fully saturated rings. The molecule has 3 aromatic rings. The summed E-state index contributed by atoms with van der Waals surface area (Å²) in [4.78, 5) is 19.1. The van der Waals surface area contributed by atoms with Gasteiger partial charge in [-0.2, -0.15) is 0 Å². The second kappa shape index (κ2) is 9.57. The van der Waals surface area contributed by atoms with Crippen LogP contribution < -0.4 is 11.1 Å². The highest BCUT2D eigenvalue weighted by atomic mass is 16.5. The number of guanidine groups is 1. The Morgan fingerprint density at radius 3 is 2.52 bits per heavy atom. The molecular formula is C24H29N5O2. The molecule has 0 amide bonds. The lowest BCUT2D eigenvalue weighted by Gasteiger charge is -2.22. The van der Waals surface area contributed by atoms with E-state index >= 15 is 0 Å². The summed E-state index contributed by atoms with van der Waals surface area (Å²) >= 11 is 0. The lowest BCUT2D eigenvalue weighted by molar-refractivity contribution is 0.103. The van der Waals surface area contributed by atoms with Crippen LogP contribution in [-0.2, 0) is 5.41 Å². The van der Waals surface area contributed by atoms with Crippen LogP contribution in [0.1, 0.15) is 41.0 Å². The topological polar surface area (TPSA) is 96.8 Å². The number of nitrogens with zero attached hydrogens (tertiary/aromatic N) is 3. The molecule has 2 aromatic carbocycles. The van der Waals surface area contributed by atoms with Gasteiger partial charge in [-0.05, 0) is 25.7 Å². The van der Waals surface area contributed by atoms with E-state index in [0.29, 0.717) is 23.6 Å². The highest BCUT2D eigenvalue weighted by molar-refractivity contribution is 6.09. The number of nitrogens with two attached hydrogens (primary N) is 1. The summed E-state index contributed by atoms with van der Waals surface area (Å²) in [5.41, 5.74) is 8.43. The van der Waals surface area contributed by atoms with Gasteiger partial charge in [-0.25, -0.2) is 0 Å². The van der Waals surface area contributed by atoms with Crippen LogP contribution in [0.2, 0.25) is 0 Å². The Bertz CT molecular complexity index is 1050. The standard InChI is InChI=1S/C24H29N5O2/c1-24(2,20-16-21(31-28-20)27-23(25)26-13-14-29(3)4)19-12-8-11-18(15-19)22(30)17-9-6-5-7-10-17/h5-12,15-16H,13-14H2,1-4H3,(H3,25,26,27).